The van der Waals surface area contributed by atoms with E-state index in [1.165, 1.54) is 0 Å². The van der Waals surface area contributed by atoms with E-state index < -0.39 is 0 Å². The van der Waals surface area contributed by atoms with Gasteiger partial charge in [0, 0.05) is 97.7 Å². The first-order valence-electron chi connectivity index (χ1n) is 39.2. The predicted molar refractivity (Wildman–Crippen MR) is 480 cm³/mol. The molecule has 564 valence electrons. The van der Waals surface area contributed by atoms with E-state index in [2.05, 4.69) is 212 Å². The summed E-state index contributed by atoms with van der Waals surface area (Å²) in [6, 6.07) is 128. The molecule has 0 saturated carbocycles. The quantitative estimate of drug-likeness (QED) is 0.0940. The molecular weight excluding hydrogens is 1470 g/mol. The molecule has 0 aliphatic heterocycles. The van der Waals surface area contributed by atoms with Crippen LogP contribution in [-0.4, -0.2) is 74.8 Å². The molecule has 120 heavy (non-hydrogen) atoms. The van der Waals surface area contributed by atoms with Gasteiger partial charge in [0.05, 0.1) is 5.69 Å². The predicted octanol–water partition coefficient (Wildman–Crippen LogP) is 24.4. The molecule has 21 aromatic rings. The van der Waals surface area contributed by atoms with E-state index in [-0.39, 0.29) is 0 Å². The zero-order valence-corrected chi connectivity index (χ0v) is 64.5. The Morgan fingerprint density at radius 3 is 0.667 bits per heavy atom. The van der Waals surface area contributed by atoms with Crippen LogP contribution in [0.3, 0.4) is 0 Å². The van der Waals surface area contributed by atoms with Gasteiger partial charge in [-0.25, -0.2) is 74.8 Å². The van der Waals surface area contributed by atoms with Gasteiger partial charge in [0.15, 0.2) is 58.2 Å². The summed E-state index contributed by atoms with van der Waals surface area (Å²) in [7, 11) is 0. The summed E-state index contributed by atoms with van der Waals surface area (Å²) < 4.78 is 0. The lowest BCUT2D eigenvalue weighted by Crippen LogP contribution is -2.00. The average Bonchev–Trinajstić information content (AvgIpc) is 0.793. The molecule has 15 heteroatoms. The minimum absolute atomic E-state index is 0.646. The zero-order chi connectivity index (χ0) is 80.2. The molecule has 6 heterocycles. The molecule has 0 fully saturated rings. The molecule has 21 rings (SSSR count). The lowest BCUT2D eigenvalue weighted by Gasteiger charge is -2.10. The van der Waals surface area contributed by atoms with Crippen molar-refractivity contribution in [3.05, 3.63) is 420 Å². The van der Waals surface area contributed by atoms with Crippen molar-refractivity contribution in [2.75, 3.05) is 0 Å². The standard InChI is InChI=1S/3C35H23N5/c1-3-8-26(9-4-1)33-38-34(27-10-5-2-6-11-27)40-35(39-33)30-19-15-25-14-18-29(22-31(25)23-30)24-12-16-28(17-13-24)32-36-20-7-21-37-32;1-3-7-27(8-4-1)33-38-34(28-9-5-2-6-10-28)40-35(39-33)30-18-14-25-13-17-29(21-31(25)22-30)24-11-15-26(16-12-24)32-19-20-36-23-37-32;1-3-7-27(8-4-1)33-38-34(28-9-5-2-6-10-28)40-35(39-33)30-18-16-25-15-17-29(19-31(25)20-30)24-11-13-26(14-12-24)32-21-36-23-37-22-32/h3*1-23H. The Morgan fingerprint density at radius 2 is 0.375 bits per heavy atom. The number of nitrogens with zero attached hydrogens (tertiary/aromatic N) is 15. The minimum Gasteiger partial charge on any atom is -0.245 e. The van der Waals surface area contributed by atoms with E-state index in [4.69, 9.17) is 44.9 Å². The molecule has 0 aliphatic carbocycles. The van der Waals surface area contributed by atoms with Crippen LogP contribution in [-0.2, 0) is 0 Å². The van der Waals surface area contributed by atoms with Crippen LogP contribution in [0.4, 0.5) is 0 Å². The molecule has 0 radical (unpaired) electrons. The summed E-state index contributed by atoms with van der Waals surface area (Å²) in [5.41, 5.74) is 20.5. The van der Waals surface area contributed by atoms with Gasteiger partial charge in [-0.05, 0) is 120 Å². The van der Waals surface area contributed by atoms with Crippen molar-refractivity contribution in [1.29, 1.82) is 0 Å². The van der Waals surface area contributed by atoms with Crippen molar-refractivity contribution in [2.24, 2.45) is 0 Å². The number of benzene rings is 15. The molecule has 0 saturated heterocycles. The first-order valence-corrected chi connectivity index (χ1v) is 39.2. The lowest BCUT2D eigenvalue weighted by atomic mass is 9.98. The van der Waals surface area contributed by atoms with Crippen LogP contribution in [0.1, 0.15) is 0 Å². The summed E-state index contributed by atoms with van der Waals surface area (Å²) in [6.45, 7) is 0. The summed E-state index contributed by atoms with van der Waals surface area (Å²) in [5.74, 6) is 6.59. The highest BCUT2D eigenvalue weighted by Crippen LogP contribution is 2.36. The van der Waals surface area contributed by atoms with Crippen molar-refractivity contribution in [3.8, 4) is 170 Å². The monoisotopic (exact) mass is 1540 g/mol. The topological polar surface area (TPSA) is 193 Å². The van der Waals surface area contributed by atoms with Crippen LogP contribution < -0.4 is 0 Å². The first kappa shape index (κ1) is 73.5. The third kappa shape index (κ3) is 16.7. The van der Waals surface area contributed by atoms with E-state index in [9.17, 15) is 0 Å². The maximum atomic E-state index is 4.89. The molecule has 6 aromatic heterocycles. The van der Waals surface area contributed by atoms with E-state index >= 15 is 0 Å². The Hall–Kier alpha value is -16.7. The van der Waals surface area contributed by atoms with E-state index in [0.29, 0.717) is 52.4 Å². The highest BCUT2D eigenvalue weighted by atomic mass is 15.1. The van der Waals surface area contributed by atoms with E-state index in [0.717, 1.165) is 150 Å². The highest BCUT2D eigenvalue weighted by molar-refractivity contribution is 5.94. The fourth-order valence-corrected chi connectivity index (χ4v) is 14.4. The molecule has 15 aromatic carbocycles. The smallest absolute Gasteiger partial charge is 0.164 e. The maximum Gasteiger partial charge on any atom is 0.164 e. The molecule has 0 bridgehead atoms. The van der Waals surface area contributed by atoms with Crippen molar-refractivity contribution >= 4 is 32.3 Å². The second-order valence-corrected chi connectivity index (χ2v) is 28.5. The molecular formula is C105H69N15. The van der Waals surface area contributed by atoms with Crippen molar-refractivity contribution in [3.63, 3.8) is 0 Å². The van der Waals surface area contributed by atoms with Gasteiger partial charge in [-0.3, -0.25) is 0 Å². The third-order valence-corrected chi connectivity index (χ3v) is 20.6. The van der Waals surface area contributed by atoms with Crippen LogP contribution in [0.5, 0.6) is 0 Å². The Bertz CT molecular complexity index is 6280. The highest BCUT2D eigenvalue weighted by Gasteiger charge is 2.18. The summed E-state index contributed by atoms with van der Waals surface area (Å²) in [6.07, 6.45) is 12.0. The average molecular weight is 1540 g/mol. The van der Waals surface area contributed by atoms with Crippen molar-refractivity contribution in [1.82, 2.24) is 74.8 Å². The van der Waals surface area contributed by atoms with Gasteiger partial charge in [-0.1, -0.05) is 328 Å². The Labute approximate surface area is 692 Å². The molecule has 0 atom stereocenters. The number of rotatable bonds is 15. The van der Waals surface area contributed by atoms with Crippen LogP contribution in [0.2, 0.25) is 0 Å². The van der Waals surface area contributed by atoms with Crippen LogP contribution in [0.25, 0.3) is 202 Å². The number of hydrogen-bond acceptors (Lipinski definition) is 15. The lowest BCUT2D eigenvalue weighted by molar-refractivity contribution is 1.07. The summed E-state index contributed by atoms with van der Waals surface area (Å²) in [5, 5.41) is 6.84. The second-order valence-electron chi connectivity index (χ2n) is 28.5. The Kier molecular flexibility index (Phi) is 20.9. The molecule has 0 unspecified atom stereocenters. The summed E-state index contributed by atoms with van der Waals surface area (Å²) in [4.78, 5) is 69.1. The van der Waals surface area contributed by atoms with Gasteiger partial charge in [-0.15, -0.1) is 0 Å². The summed E-state index contributed by atoms with van der Waals surface area (Å²) >= 11 is 0. The van der Waals surface area contributed by atoms with Gasteiger partial charge >= 0.3 is 0 Å². The van der Waals surface area contributed by atoms with E-state index in [1.807, 2.05) is 207 Å². The van der Waals surface area contributed by atoms with Crippen LogP contribution in [0.15, 0.2) is 420 Å². The number of fused-ring (bicyclic) bond motifs is 3. The first-order chi connectivity index (χ1) is 59.4. The molecule has 0 amide bonds. The number of aromatic nitrogens is 15. The SMILES string of the molecule is c1ccc(-c2nc(-c3ccccc3)nc(-c3ccc4ccc(-c5ccc(-c6ccncn6)cc5)cc4c3)n2)cc1.c1ccc(-c2nc(-c3ccccc3)nc(-c3ccc4ccc(-c5ccc(-c6cncnc6)cc5)cc4c3)n2)cc1.c1ccc(-c2nc(-c3ccccc3)nc(-c3ccc4ccc(-c5ccc(-c6ncccn6)cc5)cc4c3)n2)cc1. The van der Waals surface area contributed by atoms with E-state index in [1.54, 1.807) is 31.2 Å². The molecule has 0 aliphatic rings. The zero-order valence-electron chi connectivity index (χ0n) is 64.5. The van der Waals surface area contributed by atoms with Gasteiger partial charge in [-0.2, -0.15) is 0 Å². The van der Waals surface area contributed by atoms with Gasteiger partial charge < -0.3 is 0 Å². The Balaban J connectivity index is 0.000000119. The van der Waals surface area contributed by atoms with Gasteiger partial charge in [0.25, 0.3) is 0 Å². The fourth-order valence-electron chi connectivity index (χ4n) is 14.4. The normalized spacial score (nSPS) is 11.0. The van der Waals surface area contributed by atoms with Gasteiger partial charge in [0.2, 0.25) is 0 Å². The third-order valence-electron chi connectivity index (χ3n) is 20.6. The Morgan fingerprint density at radius 1 is 0.133 bits per heavy atom. The van der Waals surface area contributed by atoms with Crippen LogP contribution >= 0.6 is 0 Å². The largest absolute Gasteiger partial charge is 0.245 e. The second kappa shape index (κ2) is 34.2. The minimum atomic E-state index is 0.646. The van der Waals surface area contributed by atoms with Crippen molar-refractivity contribution in [2.45, 2.75) is 0 Å². The van der Waals surface area contributed by atoms with Crippen molar-refractivity contribution < 1.29 is 0 Å². The maximum absolute atomic E-state index is 4.89. The molecule has 0 spiro atoms. The molecule has 15 nitrogen and oxygen atoms in total. The fraction of sp³-hybridized carbons (Fsp3) is 0. The molecule has 0 N–H and O–H groups in total. The van der Waals surface area contributed by atoms with Crippen LogP contribution in [0, 0.1) is 0 Å². The number of hydrogen-bond donors (Lipinski definition) is 0. The van der Waals surface area contributed by atoms with Gasteiger partial charge in [0.1, 0.15) is 12.7 Å².